The van der Waals surface area contributed by atoms with E-state index in [2.05, 4.69) is 15.3 Å². The van der Waals surface area contributed by atoms with E-state index in [9.17, 15) is 0 Å². The van der Waals surface area contributed by atoms with Gasteiger partial charge < -0.3 is 20.5 Å². The third kappa shape index (κ3) is 4.44. The smallest absolute Gasteiger partial charge is 0.242 e. The third-order valence-electron chi connectivity index (χ3n) is 1.97. The molecule has 1 aromatic heterocycles. The number of nitrogen functional groups attached to an aromatic ring is 1. The predicted octanol–water partition coefficient (Wildman–Crippen LogP) is 1.29. The molecule has 0 atom stereocenters. The van der Waals surface area contributed by atoms with Crippen molar-refractivity contribution in [1.82, 2.24) is 9.97 Å². The van der Waals surface area contributed by atoms with Gasteiger partial charge >= 0.3 is 0 Å². The third-order valence-corrected chi connectivity index (χ3v) is 1.97. The Labute approximate surface area is 102 Å². The van der Waals surface area contributed by atoms with E-state index in [0.29, 0.717) is 37.1 Å². The lowest BCUT2D eigenvalue weighted by atomic mass is 10.4. The number of aromatic nitrogens is 2. The van der Waals surface area contributed by atoms with Gasteiger partial charge in [0.25, 0.3) is 0 Å². The maximum atomic E-state index is 5.86. The lowest BCUT2D eigenvalue weighted by Gasteiger charge is -2.12. The van der Waals surface area contributed by atoms with Crippen molar-refractivity contribution < 1.29 is 9.47 Å². The SMILES string of the molecule is CCOc1ncnc(NCCOC(C)C)c1N. The number of rotatable bonds is 7. The van der Waals surface area contributed by atoms with Gasteiger partial charge in [-0.3, -0.25) is 0 Å². The summed E-state index contributed by atoms with van der Waals surface area (Å²) < 4.78 is 10.7. The van der Waals surface area contributed by atoms with Gasteiger partial charge in [-0.15, -0.1) is 0 Å². The van der Waals surface area contributed by atoms with Gasteiger partial charge in [0.1, 0.15) is 12.0 Å². The zero-order valence-electron chi connectivity index (χ0n) is 10.6. The van der Waals surface area contributed by atoms with Gasteiger partial charge in [0, 0.05) is 6.54 Å². The number of anilines is 2. The Kier molecular flexibility index (Phi) is 5.48. The lowest BCUT2D eigenvalue weighted by Crippen LogP contribution is -2.15. The molecule has 0 amide bonds. The summed E-state index contributed by atoms with van der Waals surface area (Å²) in [5.41, 5.74) is 6.29. The molecule has 0 unspecified atom stereocenters. The van der Waals surface area contributed by atoms with Gasteiger partial charge in [-0.1, -0.05) is 0 Å². The Morgan fingerprint density at radius 3 is 2.82 bits per heavy atom. The highest BCUT2D eigenvalue weighted by molar-refractivity contribution is 5.66. The Bertz CT molecular complexity index is 344. The van der Waals surface area contributed by atoms with Crippen molar-refractivity contribution in [3.05, 3.63) is 6.33 Å². The summed E-state index contributed by atoms with van der Waals surface area (Å²) in [6.07, 6.45) is 1.64. The minimum absolute atomic E-state index is 0.221. The molecular formula is C11H20N4O2. The molecule has 0 spiro atoms. The maximum Gasteiger partial charge on any atom is 0.242 e. The average Bonchev–Trinajstić information content (AvgIpc) is 2.29. The summed E-state index contributed by atoms with van der Waals surface area (Å²) in [6.45, 7) is 7.64. The van der Waals surface area contributed by atoms with Crippen molar-refractivity contribution in [2.75, 3.05) is 30.8 Å². The van der Waals surface area contributed by atoms with Crippen molar-refractivity contribution in [2.24, 2.45) is 0 Å². The quantitative estimate of drug-likeness (QED) is 0.699. The first-order chi connectivity index (χ1) is 8.15. The molecule has 17 heavy (non-hydrogen) atoms. The lowest BCUT2D eigenvalue weighted by molar-refractivity contribution is 0.0870. The normalized spacial score (nSPS) is 10.6. The number of nitrogens with zero attached hydrogens (tertiary/aromatic N) is 2. The van der Waals surface area contributed by atoms with Crippen molar-refractivity contribution >= 4 is 11.5 Å². The molecule has 0 aliphatic rings. The summed E-state index contributed by atoms with van der Waals surface area (Å²) in [5, 5.41) is 3.09. The first kappa shape index (κ1) is 13.5. The summed E-state index contributed by atoms with van der Waals surface area (Å²) in [6, 6.07) is 0. The molecule has 3 N–H and O–H groups in total. The second kappa shape index (κ2) is 6.90. The van der Waals surface area contributed by atoms with E-state index in [1.54, 1.807) is 0 Å². The van der Waals surface area contributed by atoms with Crippen LogP contribution in [0.4, 0.5) is 11.5 Å². The Morgan fingerprint density at radius 2 is 2.18 bits per heavy atom. The summed E-state index contributed by atoms with van der Waals surface area (Å²) >= 11 is 0. The summed E-state index contributed by atoms with van der Waals surface area (Å²) in [5.74, 6) is 0.991. The Hall–Kier alpha value is -1.56. The number of nitrogens with one attached hydrogen (secondary N) is 1. The number of hydrogen-bond acceptors (Lipinski definition) is 6. The highest BCUT2D eigenvalue weighted by Gasteiger charge is 2.07. The van der Waals surface area contributed by atoms with Gasteiger partial charge in [-0.25, -0.2) is 4.98 Å². The number of ether oxygens (including phenoxy) is 2. The van der Waals surface area contributed by atoms with E-state index in [4.69, 9.17) is 15.2 Å². The molecule has 1 rings (SSSR count). The Balaban J connectivity index is 2.50. The fourth-order valence-electron chi connectivity index (χ4n) is 1.24. The fraction of sp³-hybridized carbons (Fsp3) is 0.636. The van der Waals surface area contributed by atoms with E-state index in [1.165, 1.54) is 6.33 Å². The molecule has 1 heterocycles. The molecule has 0 radical (unpaired) electrons. The van der Waals surface area contributed by atoms with Crippen molar-refractivity contribution in [3.63, 3.8) is 0 Å². The zero-order chi connectivity index (χ0) is 12.7. The Morgan fingerprint density at radius 1 is 1.41 bits per heavy atom. The molecule has 0 fully saturated rings. The molecule has 0 aliphatic heterocycles. The van der Waals surface area contributed by atoms with Gasteiger partial charge in [0.2, 0.25) is 5.88 Å². The molecule has 0 aliphatic carbocycles. The highest BCUT2D eigenvalue weighted by atomic mass is 16.5. The number of nitrogens with two attached hydrogens (primary N) is 1. The molecule has 96 valence electrons. The van der Waals surface area contributed by atoms with Crippen LogP contribution < -0.4 is 15.8 Å². The van der Waals surface area contributed by atoms with Crippen molar-refractivity contribution in [1.29, 1.82) is 0 Å². The van der Waals surface area contributed by atoms with Gasteiger partial charge in [-0.05, 0) is 20.8 Å². The van der Waals surface area contributed by atoms with Gasteiger partial charge in [-0.2, -0.15) is 4.98 Å². The van der Waals surface area contributed by atoms with Crippen LogP contribution in [0.5, 0.6) is 5.88 Å². The molecule has 6 nitrogen and oxygen atoms in total. The molecule has 6 heteroatoms. The molecule has 0 saturated carbocycles. The van der Waals surface area contributed by atoms with E-state index >= 15 is 0 Å². The van der Waals surface area contributed by atoms with Crippen LogP contribution in [-0.2, 0) is 4.74 Å². The van der Waals surface area contributed by atoms with Crippen LogP contribution >= 0.6 is 0 Å². The second-order valence-electron chi connectivity index (χ2n) is 3.72. The average molecular weight is 240 g/mol. The van der Waals surface area contributed by atoms with Crippen LogP contribution in [0, 0.1) is 0 Å². The van der Waals surface area contributed by atoms with Gasteiger partial charge in [0.05, 0.1) is 19.3 Å². The summed E-state index contributed by atoms with van der Waals surface area (Å²) in [7, 11) is 0. The minimum atomic E-state index is 0.221. The van der Waals surface area contributed by atoms with E-state index in [-0.39, 0.29) is 6.10 Å². The van der Waals surface area contributed by atoms with Crippen LogP contribution in [-0.4, -0.2) is 35.8 Å². The van der Waals surface area contributed by atoms with Crippen molar-refractivity contribution in [2.45, 2.75) is 26.9 Å². The zero-order valence-corrected chi connectivity index (χ0v) is 10.6. The number of hydrogen-bond donors (Lipinski definition) is 2. The molecule has 0 saturated heterocycles. The van der Waals surface area contributed by atoms with Crippen LogP contribution in [0.1, 0.15) is 20.8 Å². The summed E-state index contributed by atoms with van der Waals surface area (Å²) in [4.78, 5) is 8.01. The molecule has 1 aromatic rings. The van der Waals surface area contributed by atoms with Crippen LogP contribution in [0.2, 0.25) is 0 Å². The second-order valence-corrected chi connectivity index (χ2v) is 3.72. The van der Waals surface area contributed by atoms with Crippen LogP contribution in [0.3, 0.4) is 0 Å². The van der Waals surface area contributed by atoms with Gasteiger partial charge in [0.15, 0.2) is 5.82 Å². The largest absolute Gasteiger partial charge is 0.476 e. The topological polar surface area (TPSA) is 82.3 Å². The monoisotopic (exact) mass is 240 g/mol. The van der Waals surface area contributed by atoms with E-state index in [1.807, 2.05) is 20.8 Å². The predicted molar refractivity (Wildman–Crippen MR) is 67.2 cm³/mol. The first-order valence-electron chi connectivity index (χ1n) is 5.73. The minimum Gasteiger partial charge on any atom is -0.476 e. The van der Waals surface area contributed by atoms with E-state index < -0.39 is 0 Å². The first-order valence-corrected chi connectivity index (χ1v) is 5.73. The molecular weight excluding hydrogens is 220 g/mol. The fourth-order valence-corrected chi connectivity index (χ4v) is 1.24. The van der Waals surface area contributed by atoms with Crippen LogP contribution in [0.15, 0.2) is 6.33 Å². The molecule has 0 aromatic carbocycles. The maximum absolute atomic E-state index is 5.86. The van der Waals surface area contributed by atoms with Crippen LogP contribution in [0.25, 0.3) is 0 Å². The van der Waals surface area contributed by atoms with E-state index in [0.717, 1.165) is 0 Å². The molecule has 0 bridgehead atoms. The highest BCUT2D eigenvalue weighted by Crippen LogP contribution is 2.23. The van der Waals surface area contributed by atoms with Crippen molar-refractivity contribution in [3.8, 4) is 5.88 Å². The standard InChI is InChI=1S/C11H20N4O2/c1-4-16-11-9(12)10(14-7-15-11)13-5-6-17-8(2)3/h7-8H,4-6,12H2,1-3H3,(H,13,14,15).